The minimum absolute atomic E-state index is 0.337. The van der Waals surface area contributed by atoms with Crippen LogP contribution < -0.4 is 5.73 Å². The summed E-state index contributed by atoms with van der Waals surface area (Å²) in [5, 5.41) is 0. The predicted octanol–water partition coefficient (Wildman–Crippen LogP) is 2.19. The van der Waals surface area contributed by atoms with E-state index in [0.717, 1.165) is 12.5 Å². The first-order chi connectivity index (χ1) is 8.24. The Hall–Kier alpha value is -0.450. The fourth-order valence-corrected chi connectivity index (χ4v) is 3.62. The first-order valence-electron chi connectivity index (χ1n) is 6.64. The zero-order valence-corrected chi connectivity index (χ0v) is 11.2. The number of thiazole rings is 1. The van der Waals surface area contributed by atoms with E-state index in [4.69, 9.17) is 5.73 Å². The molecular formula is C13H21N3S. The number of hydrogen-bond donors (Lipinski definition) is 1. The molecule has 3 rings (SSSR count). The molecule has 2 unspecified atom stereocenters. The molecule has 1 aliphatic heterocycles. The zero-order chi connectivity index (χ0) is 11.8. The van der Waals surface area contributed by atoms with Crippen molar-refractivity contribution < 1.29 is 0 Å². The number of likely N-dealkylation sites (tertiary alicyclic amines) is 1. The molecule has 1 saturated carbocycles. The summed E-state index contributed by atoms with van der Waals surface area (Å²) in [4.78, 5) is 8.59. The average Bonchev–Trinajstić information content (AvgIpc) is 2.86. The van der Waals surface area contributed by atoms with Crippen LogP contribution in [0.4, 0.5) is 0 Å². The molecule has 0 aromatic carbocycles. The van der Waals surface area contributed by atoms with Crippen LogP contribution in [0.5, 0.6) is 0 Å². The van der Waals surface area contributed by atoms with Gasteiger partial charge in [0.1, 0.15) is 0 Å². The van der Waals surface area contributed by atoms with Gasteiger partial charge in [-0.25, -0.2) is 4.98 Å². The molecule has 2 N–H and O–H groups in total. The van der Waals surface area contributed by atoms with E-state index >= 15 is 0 Å². The molecule has 0 amide bonds. The van der Waals surface area contributed by atoms with Crippen LogP contribution >= 0.6 is 11.3 Å². The van der Waals surface area contributed by atoms with Crippen LogP contribution in [-0.4, -0.2) is 29.0 Å². The highest BCUT2D eigenvalue weighted by molar-refractivity contribution is 7.09. The van der Waals surface area contributed by atoms with Crippen LogP contribution in [0.1, 0.15) is 42.7 Å². The third kappa shape index (κ3) is 2.54. The zero-order valence-electron chi connectivity index (χ0n) is 10.4. The number of nitrogens with two attached hydrogens (primary N) is 1. The van der Waals surface area contributed by atoms with E-state index < -0.39 is 0 Å². The Bertz CT molecular complexity index is 384. The second-order valence-electron chi connectivity index (χ2n) is 5.58. The minimum Gasteiger partial charge on any atom is -0.328 e. The van der Waals surface area contributed by atoms with Crippen molar-refractivity contribution in [2.24, 2.45) is 11.7 Å². The maximum atomic E-state index is 5.99. The highest BCUT2D eigenvalue weighted by atomic mass is 32.1. The summed E-state index contributed by atoms with van der Waals surface area (Å²) in [7, 11) is 0. The van der Waals surface area contributed by atoms with Crippen molar-refractivity contribution in [3.63, 3.8) is 0 Å². The molecule has 1 aliphatic carbocycles. The van der Waals surface area contributed by atoms with Gasteiger partial charge < -0.3 is 5.73 Å². The fourth-order valence-electron chi connectivity index (χ4n) is 2.73. The van der Waals surface area contributed by atoms with E-state index in [9.17, 15) is 0 Å². The van der Waals surface area contributed by atoms with Gasteiger partial charge in [0, 0.05) is 29.9 Å². The lowest BCUT2D eigenvalue weighted by molar-refractivity contribution is 0.310. The molecule has 2 fully saturated rings. The molecule has 2 heterocycles. The molecule has 1 saturated heterocycles. The lowest BCUT2D eigenvalue weighted by atomic mass is 10.0. The van der Waals surface area contributed by atoms with Gasteiger partial charge >= 0.3 is 0 Å². The maximum absolute atomic E-state index is 5.99. The van der Waals surface area contributed by atoms with E-state index in [2.05, 4.69) is 16.8 Å². The van der Waals surface area contributed by atoms with E-state index in [0.29, 0.717) is 12.0 Å². The Morgan fingerprint density at radius 2 is 2.35 bits per heavy atom. The molecule has 1 aromatic heterocycles. The van der Waals surface area contributed by atoms with Gasteiger partial charge in [-0.05, 0) is 38.6 Å². The van der Waals surface area contributed by atoms with Gasteiger partial charge in [-0.1, -0.05) is 0 Å². The molecular weight excluding hydrogens is 230 g/mol. The first kappa shape index (κ1) is 11.6. The Balaban J connectivity index is 1.61. The van der Waals surface area contributed by atoms with Crippen molar-refractivity contribution in [3.8, 4) is 0 Å². The topological polar surface area (TPSA) is 42.1 Å². The van der Waals surface area contributed by atoms with Crippen molar-refractivity contribution in [2.45, 2.75) is 44.7 Å². The summed E-state index contributed by atoms with van der Waals surface area (Å²) in [5.41, 5.74) is 9.39. The second-order valence-corrected chi connectivity index (χ2v) is 6.52. The van der Waals surface area contributed by atoms with Gasteiger partial charge in [-0.3, -0.25) is 4.90 Å². The van der Waals surface area contributed by atoms with Crippen LogP contribution in [0.15, 0.2) is 5.51 Å². The molecule has 94 valence electrons. The smallest absolute Gasteiger partial charge is 0.0798 e. The van der Waals surface area contributed by atoms with E-state index in [1.54, 1.807) is 0 Å². The average molecular weight is 251 g/mol. The van der Waals surface area contributed by atoms with Crippen LogP contribution in [0.3, 0.4) is 0 Å². The van der Waals surface area contributed by atoms with E-state index in [-0.39, 0.29) is 0 Å². The van der Waals surface area contributed by atoms with E-state index in [1.807, 2.05) is 16.8 Å². The van der Waals surface area contributed by atoms with Crippen molar-refractivity contribution in [3.05, 3.63) is 16.1 Å². The Kier molecular flexibility index (Phi) is 3.19. The SMILES string of the molecule is CC(N)C1CCN(Cc2scnc2C2CC2)C1. The van der Waals surface area contributed by atoms with Gasteiger partial charge in [-0.15, -0.1) is 11.3 Å². The standard InChI is InChI=1S/C13H21N3S/c1-9(14)11-4-5-16(6-11)7-12-13(10-2-3-10)15-8-17-12/h8-11H,2-7,14H2,1H3. The number of aromatic nitrogens is 1. The molecule has 17 heavy (non-hydrogen) atoms. The second kappa shape index (κ2) is 4.67. The maximum Gasteiger partial charge on any atom is 0.0798 e. The predicted molar refractivity (Wildman–Crippen MR) is 71.1 cm³/mol. The molecule has 2 atom stereocenters. The van der Waals surface area contributed by atoms with Crippen molar-refractivity contribution in [1.82, 2.24) is 9.88 Å². The largest absolute Gasteiger partial charge is 0.328 e. The third-order valence-electron chi connectivity index (χ3n) is 4.06. The Labute approximate surface area is 107 Å². The normalized spacial score (nSPS) is 27.5. The molecule has 1 aromatic rings. The van der Waals surface area contributed by atoms with Crippen LogP contribution in [0, 0.1) is 5.92 Å². The lowest BCUT2D eigenvalue weighted by Crippen LogP contribution is -2.29. The molecule has 0 spiro atoms. The van der Waals surface area contributed by atoms with Gasteiger partial charge in [0.2, 0.25) is 0 Å². The number of nitrogens with zero attached hydrogens (tertiary/aromatic N) is 2. The summed E-state index contributed by atoms with van der Waals surface area (Å²) < 4.78 is 0. The number of rotatable bonds is 4. The molecule has 0 bridgehead atoms. The summed E-state index contributed by atoms with van der Waals surface area (Å²) >= 11 is 1.83. The highest BCUT2D eigenvalue weighted by Gasteiger charge is 2.30. The monoisotopic (exact) mass is 251 g/mol. The van der Waals surface area contributed by atoms with Crippen molar-refractivity contribution >= 4 is 11.3 Å². The van der Waals surface area contributed by atoms with Crippen LogP contribution in [0.2, 0.25) is 0 Å². The lowest BCUT2D eigenvalue weighted by Gasteiger charge is -2.17. The highest BCUT2D eigenvalue weighted by Crippen LogP contribution is 2.42. The van der Waals surface area contributed by atoms with Crippen molar-refractivity contribution in [2.75, 3.05) is 13.1 Å². The molecule has 3 nitrogen and oxygen atoms in total. The summed E-state index contributed by atoms with van der Waals surface area (Å²) in [6.07, 6.45) is 3.95. The first-order valence-corrected chi connectivity index (χ1v) is 7.52. The van der Waals surface area contributed by atoms with Gasteiger partial charge in [0.15, 0.2) is 0 Å². The third-order valence-corrected chi connectivity index (χ3v) is 4.89. The van der Waals surface area contributed by atoms with Gasteiger partial charge in [0.05, 0.1) is 11.2 Å². The summed E-state index contributed by atoms with van der Waals surface area (Å²) in [6.45, 7) is 5.60. The summed E-state index contributed by atoms with van der Waals surface area (Å²) in [5.74, 6) is 1.47. The van der Waals surface area contributed by atoms with E-state index in [1.165, 1.54) is 42.9 Å². The quantitative estimate of drug-likeness (QED) is 0.892. The summed E-state index contributed by atoms with van der Waals surface area (Å²) in [6, 6.07) is 0.337. The van der Waals surface area contributed by atoms with Gasteiger partial charge in [-0.2, -0.15) is 0 Å². The number of hydrogen-bond acceptors (Lipinski definition) is 4. The molecule has 0 radical (unpaired) electrons. The Morgan fingerprint density at radius 1 is 1.53 bits per heavy atom. The van der Waals surface area contributed by atoms with Crippen LogP contribution in [0.25, 0.3) is 0 Å². The minimum atomic E-state index is 0.337. The Morgan fingerprint density at radius 3 is 3.00 bits per heavy atom. The molecule has 2 aliphatic rings. The molecule has 4 heteroatoms. The van der Waals surface area contributed by atoms with Crippen LogP contribution in [-0.2, 0) is 6.54 Å². The fraction of sp³-hybridized carbons (Fsp3) is 0.769. The van der Waals surface area contributed by atoms with Gasteiger partial charge in [0.25, 0.3) is 0 Å². The van der Waals surface area contributed by atoms with Crippen molar-refractivity contribution in [1.29, 1.82) is 0 Å².